The van der Waals surface area contributed by atoms with Crippen LogP contribution in [0.2, 0.25) is 0 Å². The van der Waals surface area contributed by atoms with E-state index < -0.39 is 0 Å². The van der Waals surface area contributed by atoms with Gasteiger partial charge in [-0.1, -0.05) is 12.5 Å². The van der Waals surface area contributed by atoms with Gasteiger partial charge >= 0.3 is 0 Å². The van der Waals surface area contributed by atoms with Crippen LogP contribution in [-0.2, 0) is 6.54 Å². The van der Waals surface area contributed by atoms with Crippen LogP contribution in [0.5, 0.6) is 0 Å². The fourth-order valence-corrected chi connectivity index (χ4v) is 3.02. The van der Waals surface area contributed by atoms with E-state index in [1.165, 1.54) is 24.7 Å². The van der Waals surface area contributed by atoms with Gasteiger partial charge in [-0.25, -0.2) is 9.37 Å². The predicted octanol–water partition coefficient (Wildman–Crippen LogP) is 5.01. The highest BCUT2D eigenvalue weighted by Gasteiger charge is 2.16. The molecule has 0 bridgehead atoms. The van der Waals surface area contributed by atoms with Crippen LogP contribution in [0.25, 0.3) is 11.0 Å². The van der Waals surface area contributed by atoms with Crippen LogP contribution in [0.3, 0.4) is 0 Å². The molecular formula is C15H20ClFN2S. The molecule has 20 heavy (non-hydrogen) atoms. The first-order valence-electron chi connectivity index (χ1n) is 6.92. The molecule has 0 aliphatic carbocycles. The first-order chi connectivity index (χ1) is 9.65. The van der Waals surface area contributed by atoms with Crippen LogP contribution < -0.4 is 0 Å². The number of para-hydroxylation sites is 1. The highest BCUT2D eigenvalue weighted by Crippen LogP contribution is 2.26. The Balaban J connectivity index is 2.21. The zero-order chi connectivity index (χ0) is 14.5. The Bertz CT molecular complexity index is 568. The van der Waals surface area contributed by atoms with Gasteiger partial charge in [-0.05, 0) is 43.9 Å². The molecule has 5 heteroatoms. The molecule has 0 radical (unpaired) electrons. The third-order valence-corrected chi connectivity index (χ3v) is 4.24. The number of rotatable bonds is 7. The maximum Gasteiger partial charge on any atom is 0.151 e. The van der Waals surface area contributed by atoms with Crippen molar-refractivity contribution in [3.63, 3.8) is 0 Å². The van der Waals surface area contributed by atoms with Gasteiger partial charge in [0.15, 0.2) is 5.82 Å². The van der Waals surface area contributed by atoms with E-state index in [-0.39, 0.29) is 11.2 Å². The highest BCUT2D eigenvalue weighted by molar-refractivity contribution is 7.98. The van der Waals surface area contributed by atoms with Gasteiger partial charge < -0.3 is 4.57 Å². The van der Waals surface area contributed by atoms with Gasteiger partial charge in [0.25, 0.3) is 0 Å². The Labute approximate surface area is 128 Å². The summed E-state index contributed by atoms with van der Waals surface area (Å²) < 4.78 is 15.9. The van der Waals surface area contributed by atoms with E-state index in [1.807, 2.05) is 24.8 Å². The first-order valence-corrected chi connectivity index (χ1v) is 8.76. The summed E-state index contributed by atoms with van der Waals surface area (Å²) in [6, 6.07) is 5.09. The number of imidazole rings is 1. The zero-order valence-electron chi connectivity index (χ0n) is 11.9. The van der Waals surface area contributed by atoms with Crippen molar-refractivity contribution < 1.29 is 4.39 Å². The lowest BCUT2D eigenvalue weighted by atomic mass is 10.2. The van der Waals surface area contributed by atoms with Gasteiger partial charge in [-0.15, -0.1) is 11.6 Å². The molecule has 1 heterocycles. The Morgan fingerprint density at radius 1 is 1.35 bits per heavy atom. The number of aryl methyl sites for hydroxylation is 1. The molecule has 110 valence electrons. The smallest absolute Gasteiger partial charge is 0.151 e. The molecule has 1 atom stereocenters. The van der Waals surface area contributed by atoms with Crippen LogP contribution in [0, 0.1) is 5.82 Å². The minimum atomic E-state index is -0.276. The van der Waals surface area contributed by atoms with Crippen molar-refractivity contribution in [3.05, 3.63) is 29.8 Å². The van der Waals surface area contributed by atoms with Gasteiger partial charge in [-0.2, -0.15) is 11.8 Å². The normalized spacial score (nSPS) is 13.0. The van der Waals surface area contributed by atoms with Crippen molar-refractivity contribution in [2.45, 2.75) is 38.1 Å². The molecule has 0 aliphatic heterocycles. The highest BCUT2D eigenvalue weighted by atomic mass is 35.5. The molecule has 1 aromatic carbocycles. The van der Waals surface area contributed by atoms with Gasteiger partial charge in [0.1, 0.15) is 11.3 Å². The van der Waals surface area contributed by atoms with Crippen molar-refractivity contribution in [2.24, 2.45) is 0 Å². The molecule has 0 amide bonds. The SMILES string of the molecule is CSCCCCCn1c(C(C)Cl)nc2c(F)cccc21. The van der Waals surface area contributed by atoms with E-state index in [9.17, 15) is 4.39 Å². The summed E-state index contributed by atoms with van der Waals surface area (Å²) in [4.78, 5) is 4.38. The molecule has 0 aliphatic rings. The average Bonchev–Trinajstić information content (AvgIpc) is 2.79. The number of halogens is 2. The molecule has 0 saturated carbocycles. The number of alkyl halides is 1. The average molecular weight is 315 g/mol. The second-order valence-corrected chi connectivity index (χ2v) is 6.54. The zero-order valence-corrected chi connectivity index (χ0v) is 13.5. The molecule has 0 N–H and O–H groups in total. The standard InChI is InChI=1S/C15H20ClFN2S/c1-11(16)15-18-14-12(17)7-6-8-13(14)19(15)9-4-3-5-10-20-2/h6-8,11H,3-5,9-10H2,1-2H3. The fourth-order valence-electron chi connectivity index (χ4n) is 2.36. The summed E-state index contributed by atoms with van der Waals surface area (Å²) in [5.41, 5.74) is 1.27. The minimum absolute atomic E-state index is 0.215. The van der Waals surface area contributed by atoms with Crippen molar-refractivity contribution in [1.82, 2.24) is 9.55 Å². The molecule has 0 saturated heterocycles. The Morgan fingerprint density at radius 3 is 2.85 bits per heavy atom. The van der Waals surface area contributed by atoms with Crippen molar-refractivity contribution in [1.29, 1.82) is 0 Å². The second kappa shape index (κ2) is 7.32. The van der Waals surface area contributed by atoms with Crippen molar-refractivity contribution >= 4 is 34.4 Å². The third-order valence-electron chi connectivity index (χ3n) is 3.35. The summed E-state index contributed by atoms with van der Waals surface area (Å²) in [5.74, 6) is 1.68. The molecular weight excluding hydrogens is 295 g/mol. The molecule has 1 aromatic heterocycles. The molecule has 0 fully saturated rings. The number of hydrogen-bond donors (Lipinski definition) is 0. The van der Waals surface area contributed by atoms with Crippen molar-refractivity contribution in [2.75, 3.05) is 12.0 Å². The number of hydrogen-bond acceptors (Lipinski definition) is 2. The summed E-state index contributed by atoms with van der Waals surface area (Å²) in [7, 11) is 0. The van der Waals surface area contributed by atoms with Crippen LogP contribution >= 0.6 is 23.4 Å². The summed E-state index contributed by atoms with van der Waals surface area (Å²) in [5, 5.41) is -0.215. The minimum Gasteiger partial charge on any atom is -0.327 e. The van der Waals surface area contributed by atoms with Gasteiger partial charge in [0, 0.05) is 6.54 Å². The van der Waals surface area contributed by atoms with Gasteiger partial charge in [-0.3, -0.25) is 0 Å². The molecule has 1 unspecified atom stereocenters. The van der Waals surface area contributed by atoms with Gasteiger partial charge in [0.2, 0.25) is 0 Å². The molecule has 2 rings (SSSR count). The lowest BCUT2D eigenvalue weighted by Crippen LogP contribution is -2.04. The third kappa shape index (κ3) is 3.47. The Hall–Kier alpha value is -0.740. The van der Waals surface area contributed by atoms with Gasteiger partial charge in [0.05, 0.1) is 10.9 Å². The molecule has 0 spiro atoms. The maximum atomic E-state index is 13.8. The second-order valence-electron chi connectivity index (χ2n) is 4.90. The fraction of sp³-hybridized carbons (Fsp3) is 0.533. The number of fused-ring (bicyclic) bond motifs is 1. The van der Waals surface area contributed by atoms with Crippen molar-refractivity contribution in [3.8, 4) is 0 Å². The summed E-state index contributed by atoms with van der Waals surface area (Å²) in [6.07, 6.45) is 5.58. The van der Waals surface area contributed by atoms with E-state index in [0.29, 0.717) is 5.52 Å². The first kappa shape index (κ1) is 15.6. The van der Waals surface area contributed by atoms with E-state index in [2.05, 4.69) is 15.8 Å². The number of benzene rings is 1. The summed E-state index contributed by atoms with van der Waals surface area (Å²) in [6.45, 7) is 2.73. The monoisotopic (exact) mass is 314 g/mol. The maximum absolute atomic E-state index is 13.8. The lowest BCUT2D eigenvalue weighted by molar-refractivity contribution is 0.593. The van der Waals surface area contributed by atoms with E-state index in [1.54, 1.807) is 6.07 Å². The topological polar surface area (TPSA) is 17.8 Å². The Morgan fingerprint density at radius 2 is 2.15 bits per heavy atom. The van der Waals surface area contributed by atoms with Crippen LogP contribution in [0.1, 0.15) is 37.4 Å². The Kier molecular flexibility index (Phi) is 5.73. The molecule has 2 nitrogen and oxygen atoms in total. The van der Waals surface area contributed by atoms with Crippen LogP contribution in [0.4, 0.5) is 4.39 Å². The number of unbranched alkanes of at least 4 members (excludes halogenated alkanes) is 2. The summed E-state index contributed by atoms with van der Waals surface area (Å²) >= 11 is 8.06. The molecule has 2 aromatic rings. The van der Waals surface area contributed by atoms with Crippen LogP contribution in [-0.4, -0.2) is 21.6 Å². The van der Waals surface area contributed by atoms with E-state index >= 15 is 0 Å². The quantitative estimate of drug-likeness (QED) is 0.528. The number of nitrogens with zero attached hydrogens (tertiary/aromatic N) is 2. The van der Waals surface area contributed by atoms with E-state index in [0.717, 1.165) is 24.3 Å². The van der Waals surface area contributed by atoms with E-state index in [4.69, 9.17) is 11.6 Å². The number of aromatic nitrogens is 2. The number of thioether (sulfide) groups is 1. The lowest BCUT2D eigenvalue weighted by Gasteiger charge is -2.10. The largest absolute Gasteiger partial charge is 0.327 e. The predicted molar refractivity (Wildman–Crippen MR) is 86.2 cm³/mol. The van der Waals surface area contributed by atoms with Crippen LogP contribution in [0.15, 0.2) is 18.2 Å².